The Morgan fingerprint density at radius 1 is 0.500 bits per heavy atom. The van der Waals surface area contributed by atoms with Crippen molar-refractivity contribution in [3.63, 3.8) is 0 Å². The fourth-order valence-corrected chi connectivity index (χ4v) is 0.742. The van der Waals surface area contributed by atoms with Crippen LogP contribution < -0.4 is 0 Å². The minimum absolute atomic E-state index is 0.134. The second-order valence-electron chi connectivity index (χ2n) is 3.36. The van der Waals surface area contributed by atoms with Crippen LogP contribution >= 0.6 is 0 Å². The maximum atomic E-state index is 10.1. The van der Waals surface area contributed by atoms with Gasteiger partial charge >= 0.3 is 23.9 Å². The number of hydrogen-bond donors (Lipinski definition) is 0. The van der Waals surface area contributed by atoms with E-state index in [2.05, 4.69) is 45.3 Å². The quantitative estimate of drug-likeness (QED) is 0.310. The number of esters is 4. The molecule has 0 aromatic rings. The summed E-state index contributed by atoms with van der Waals surface area (Å²) in [5.41, 5.74) is 0. The molecular formula is C16H28O8. The van der Waals surface area contributed by atoms with Crippen LogP contribution in [-0.4, -0.2) is 50.3 Å². The van der Waals surface area contributed by atoms with Crippen molar-refractivity contribution < 1.29 is 38.1 Å². The van der Waals surface area contributed by atoms with Crippen molar-refractivity contribution in [1.29, 1.82) is 0 Å². The molecule has 0 aromatic heterocycles. The summed E-state index contributed by atoms with van der Waals surface area (Å²) in [7, 11) is 0. The van der Waals surface area contributed by atoms with Crippen molar-refractivity contribution in [3.05, 3.63) is 26.3 Å². The summed E-state index contributed by atoms with van der Waals surface area (Å²) >= 11 is 0. The largest absolute Gasteiger partial charge is 0.462 e. The molecule has 0 aromatic carbocycles. The topological polar surface area (TPSA) is 105 Å². The van der Waals surface area contributed by atoms with Crippen LogP contribution in [0.5, 0.6) is 0 Å². The summed E-state index contributed by atoms with van der Waals surface area (Å²) < 4.78 is 17.9. The molecule has 24 heavy (non-hydrogen) atoms. The van der Waals surface area contributed by atoms with Gasteiger partial charge in [0.25, 0.3) is 0 Å². The highest BCUT2D eigenvalue weighted by Crippen LogP contribution is 1.80. The Balaban J connectivity index is -0.000000138. The Morgan fingerprint density at radius 3 is 0.708 bits per heavy atom. The molecule has 8 nitrogen and oxygen atoms in total. The van der Waals surface area contributed by atoms with E-state index in [1.54, 1.807) is 0 Å². The Labute approximate surface area is 143 Å². The number of rotatable bonds is 6. The van der Waals surface area contributed by atoms with E-state index in [1.807, 2.05) is 0 Å². The zero-order valence-electron chi connectivity index (χ0n) is 14.9. The van der Waals surface area contributed by atoms with Crippen molar-refractivity contribution in [2.24, 2.45) is 0 Å². The third-order valence-electron chi connectivity index (χ3n) is 1.39. The predicted molar refractivity (Wildman–Crippen MR) is 89.0 cm³/mol. The predicted octanol–water partition coefficient (Wildman–Crippen LogP) is 1.83. The first kappa shape index (κ1) is 29.4. The van der Waals surface area contributed by atoms with Crippen molar-refractivity contribution in [3.8, 4) is 0 Å². The van der Waals surface area contributed by atoms with Crippen LogP contribution in [0.4, 0.5) is 0 Å². The van der Waals surface area contributed by atoms with Gasteiger partial charge in [0.15, 0.2) is 0 Å². The summed E-state index contributed by atoms with van der Waals surface area (Å²) in [6.07, 6.45) is 0. The minimum atomic E-state index is -0.368. The molecule has 0 unspecified atom stereocenters. The maximum Gasteiger partial charge on any atom is 0.302 e. The third-order valence-corrected chi connectivity index (χ3v) is 1.39. The van der Waals surface area contributed by atoms with E-state index in [0.29, 0.717) is 0 Å². The fourth-order valence-electron chi connectivity index (χ4n) is 0.742. The monoisotopic (exact) mass is 348 g/mol. The van der Waals surface area contributed by atoms with Gasteiger partial charge in [0.1, 0.15) is 26.4 Å². The number of carbonyl (C=O) groups excluding carboxylic acids is 4. The number of hydrogen-bond acceptors (Lipinski definition) is 8. The Morgan fingerprint density at radius 2 is 0.625 bits per heavy atom. The molecule has 0 heterocycles. The lowest BCUT2D eigenvalue weighted by Crippen LogP contribution is -2.09. The molecule has 0 aliphatic heterocycles. The van der Waals surface area contributed by atoms with Crippen LogP contribution in [0, 0.1) is 0 Å². The van der Waals surface area contributed by atoms with Crippen LogP contribution in [-0.2, 0) is 38.1 Å². The van der Waals surface area contributed by atoms with Crippen LogP contribution in [0.15, 0.2) is 26.3 Å². The van der Waals surface area contributed by atoms with E-state index < -0.39 is 0 Å². The highest BCUT2D eigenvalue weighted by molar-refractivity contribution is 5.67. The van der Waals surface area contributed by atoms with Gasteiger partial charge in [0, 0.05) is 27.7 Å². The van der Waals surface area contributed by atoms with E-state index in [9.17, 15) is 19.2 Å². The first-order valence-electron chi connectivity index (χ1n) is 6.79. The average molecular weight is 348 g/mol. The van der Waals surface area contributed by atoms with E-state index in [1.165, 1.54) is 27.7 Å². The Bertz CT molecular complexity index is 286. The van der Waals surface area contributed by atoms with Crippen molar-refractivity contribution in [2.45, 2.75) is 27.7 Å². The smallest absolute Gasteiger partial charge is 0.302 e. The maximum absolute atomic E-state index is 10.1. The van der Waals surface area contributed by atoms with Gasteiger partial charge in [-0.25, -0.2) is 0 Å². The molecule has 0 aliphatic carbocycles. The molecule has 0 spiro atoms. The van der Waals surface area contributed by atoms with Gasteiger partial charge in [0.2, 0.25) is 0 Å². The number of carbonyl (C=O) groups is 4. The molecule has 0 saturated heterocycles. The molecular weight excluding hydrogens is 320 g/mol. The number of ether oxygens (including phenoxy) is 4. The Hall–Kier alpha value is -2.64. The van der Waals surface area contributed by atoms with Gasteiger partial charge in [-0.05, 0) is 0 Å². The van der Waals surface area contributed by atoms with Crippen molar-refractivity contribution in [1.82, 2.24) is 0 Å². The molecule has 0 amide bonds. The zero-order valence-corrected chi connectivity index (χ0v) is 14.9. The highest BCUT2D eigenvalue weighted by Gasteiger charge is 1.94. The summed E-state index contributed by atoms with van der Waals surface area (Å²) in [4.78, 5) is 40.5. The summed E-state index contributed by atoms with van der Waals surface area (Å²) in [5, 5.41) is 0. The van der Waals surface area contributed by atoms with Gasteiger partial charge in [-0.3, -0.25) is 19.2 Å². The van der Waals surface area contributed by atoms with Gasteiger partial charge < -0.3 is 18.9 Å². The zero-order chi connectivity index (χ0) is 20.0. The summed E-state index contributed by atoms with van der Waals surface area (Å²) in [6.45, 7) is 17.7. The average Bonchev–Trinajstić information content (AvgIpc) is 2.52. The van der Waals surface area contributed by atoms with E-state index in [0.717, 1.165) is 0 Å². The lowest BCUT2D eigenvalue weighted by Gasteiger charge is -2.00. The standard InChI is InChI=1S/2C6H10O4.2C2H4/c2*1-5(7)9-3-4-10-6(2)8;2*1-2/h2*3-4H2,1-2H3;2*1-2H2. The molecule has 0 saturated carbocycles. The molecule has 0 fully saturated rings. The third kappa shape index (κ3) is 50.6. The van der Waals surface area contributed by atoms with Crippen molar-refractivity contribution >= 4 is 23.9 Å². The van der Waals surface area contributed by atoms with Gasteiger partial charge in [-0.1, -0.05) is 0 Å². The molecule has 140 valence electrons. The second kappa shape index (κ2) is 25.3. The van der Waals surface area contributed by atoms with Crippen LogP contribution in [0.1, 0.15) is 27.7 Å². The van der Waals surface area contributed by atoms with Gasteiger partial charge in [-0.15, -0.1) is 26.3 Å². The van der Waals surface area contributed by atoms with E-state index in [-0.39, 0.29) is 50.3 Å². The summed E-state index contributed by atoms with van der Waals surface area (Å²) in [5.74, 6) is -1.47. The van der Waals surface area contributed by atoms with Gasteiger partial charge in [0.05, 0.1) is 0 Å². The minimum Gasteiger partial charge on any atom is -0.462 e. The lowest BCUT2D eigenvalue weighted by atomic mass is 10.7. The SMILES string of the molecule is C=C.C=C.CC(=O)OCCOC(C)=O.CC(=O)OCCOC(C)=O. The molecule has 8 heteroatoms. The molecule has 0 atom stereocenters. The van der Waals surface area contributed by atoms with Crippen LogP contribution in [0.2, 0.25) is 0 Å². The van der Waals surface area contributed by atoms with Crippen LogP contribution in [0.25, 0.3) is 0 Å². The fraction of sp³-hybridized carbons (Fsp3) is 0.500. The normalized spacial score (nSPS) is 7.50. The molecule has 0 radical (unpaired) electrons. The molecule has 0 aliphatic rings. The molecule has 0 rings (SSSR count). The molecule has 0 bridgehead atoms. The van der Waals surface area contributed by atoms with Gasteiger partial charge in [-0.2, -0.15) is 0 Å². The first-order valence-corrected chi connectivity index (χ1v) is 6.79. The van der Waals surface area contributed by atoms with Crippen LogP contribution in [0.3, 0.4) is 0 Å². The van der Waals surface area contributed by atoms with E-state index in [4.69, 9.17) is 0 Å². The van der Waals surface area contributed by atoms with E-state index >= 15 is 0 Å². The molecule has 0 N–H and O–H groups in total. The highest BCUT2D eigenvalue weighted by atomic mass is 16.6. The second-order valence-corrected chi connectivity index (χ2v) is 3.36. The summed E-state index contributed by atoms with van der Waals surface area (Å²) in [6, 6.07) is 0. The lowest BCUT2D eigenvalue weighted by molar-refractivity contribution is -0.149. The Kier molecular flexibility index (Phi) is 31.0. The first-order chi connectivity index (χ1) is 11.3. The van der Waals surface area contributed by atoms with Crippen molar-refractivity contribution in [2.75, 3.05) is 26.4 Å².